The van der Waals surface area contributed by atoms with E-state index in [-0.39, 0.29) is 20.4 Å². The summed E-state index contributed by atoms with van der Waals surface area (Å²) < 4.78 is 73.4. The van der Waals surface area contributed by atoms with E-state index < -0.39 is 39.8 Å². The Balaban J connectivity index is 0.00000784. The number of hydrogen-bond donors (Lipinski definition) is 2. The van der Waals surface area contributed by atoms with Crippen LogP contribution in [-0.2, 0) is 21.0 Å². The van der Waals surface area contributed by atoms with Crippen molar-refractivity contribution in [1.29, 1.82) is 0 Å². The molecule has 0 fully saturated rings. The standard InChI is InChI=1S/C18H26F3NO5S.CH4/c1-2-3-4-5-7-16(14-8-10-15(11-9-14)18(19,20)21)27-17(23)22-12-6-13-28(24,25)26;/h8-11,16H,2-7,12-13H2,1H3,(H,22,23)(H,24,25,26);1H4. The van der Waals surface area contributed by atoms with Gasteiger partial charge < -0.3 is 10.1 Å². The van der Waals surface area contributed by atoms with Gasteiger partial charge in [0.15, 0.2) is 0 Å². The highest BCUT2D eigenvalue weighted by Gasteiger charge is 2.30. The predicted octanol–water partition coefficient (Wildman–Crippen LogP) is 5.36. The largest absolute Gasteiger partial charge is 0.441 e. The second-order valence-corrected chi connectivity index (χ2v) is 8.00. The van der Waals surface area contributed by atoms with Crippen LogP contribution in [-0.4, -0.2) is 31.4 Å². The molecule has 0 heterocycles. The van der Waals surface area contributed by atoms with Crippen LogP contribution in [0.1, 0.15) is 70.1 Å². The van der Waals surface area contributed by atoms with Crippen molar-refractivity contribution < 1.29 is 35.7 Å². The van der Waals surface area contributed by atoms with Gasteiger partial charge in [0.1, 0.15) is 6.10 Å². The van der Waals surface area contributed by atoms with Crippen LogP contribution >= 0.6 is 0 Å². The quantitative estimate of drug-likeness (QED) is 0.356. The van der Waals surface area contributed by atoms with Gasteiger partial charge in [0, 0.05) is 6.54 Å². The summed E-state index contributed by atoms with van der Waals surface area (Å²) in [7, 11) is -4.11. The lowest BCUT2D eigenvalue weighted by Gasteiger charge is -2.19. The summed E-state index contributed by atoms with van der Waals surface area (Å²) in [6.45, 7) is 2.03. The summed E-state index contributed by atoms with van der Waals surface area (Å²) in [5.74, 6) is -0.493. The second-order valence-electron chi connectivity index (χ2n) is 6.43. The summed E-state index contributed by atoms with van der Waals surface area (Å²) in [6.07, 6.45) is -1.81. The molecule has 1 atom stereocenters. The average molecular weight is 442 g/mol. The smallest absolute Gasteiger partial charge is 0.416 e. The number of nitrogens with one attached hydrogen (secondary N) is 1. The number of carbonyl (C=O) groups is 1. The fourth-order valence-electron chi connectivity index (χ4n) is 2.55. The van der Waals surface area contributed by atoms with E-state index in [1.165, 1.54) is 12.1 Å². The number of hydrogen-bond acceptors (Lipinski definition) is 4. The lowest BCUT2D eigenvalue weighted by molar-refractivity contribution is -0.137. The zero-order valence-electron chi connectivity index (χ0n) is 15.7. The molecule has 1 unspecified atom stereocenters. The zero-order valence-corrected chi connectivity index (χ0v) is 16.5. The van der Waals surface area contributed by atoms with Crippen LogP contribution in [0.25, 0.3) is 0 Å². The molecule has 1 aromatic carbocycles. The minimum absolute atomic E-state index is 0. The van der Waals surface area contributed by atoms with Gasteiger partial charge in [-0.05, 0) is 37.0 Å². The molecule has 1 rings (SSSR count). The van der Waals surface area contributed by atoms with Gasteiger partial charge in [-0.15, -0.1) is 0 Å². The van der Waals surface area contributed by atoms with Gasteiger partial charge in [-0.3, -0.25) is 4.55 Å². The molecule has 29 heavy (non-hydrogen) atoms. The molecule has 0 aliphatic heterocycles. The van der Waals surface area contributed by atoms with Crippen molar-refractivity contribution in [1.82, 2.24) is 5.32 Å². The molecule has 168 valence electrons. The summed E-state index contributed by atoms with van der Waals surface area (Å²) >= 11 is 0. The molecule has 0 radical (unpaired) electrons. The predicted molar refractivity (Wildman–Crippen MR) is 105 cm³/mol. The summed E-state index contributed by atoms with van der Waals surface area (Å²) in [5.41, 5.74) is -0.326. The second kappa shape index (κ2) is 12.7. The van der Waals surface area contributed by atoms with Crippen molar-refractivity contribution in [2.24, 2.45) is 0 Å². The normalized spacial score (nSPS) is 12.7. The maximum atomic E-state index is 12.7. The number of alkyl halides is 3. The minimum Gasteiger partial charge on any atom is -0.441 e. The van der Waals surface area contributed by atoms with Crippen LogP contribution in [0.5, 0.6) is 0 Å². The van der Waals surface area contributed by atoms with Crippen LogP contribution in [0.2, 0.25) is 0 Å². The third-order valence-electron chi connectivity index (χ3n) is 4.03. The van der Waals surface area contributed by atoms with E-state index in [1.54, 1.807) is 0 Å². The summed E-state index contributed by atoms with van der Waals surface area (Å²) in [4.78, 5) is 11.9. The highest BCUT2D eigenvalue weighted by molar-refractivity contribution is 7.85. The Hall–Kier alpha value is -1.81. The number of ether oxygens (including phenoxy) is 1. The Morgan fingerprint density at radius 1 is 1.14 bits per heavy atom. The Morgan fingerprint density at radius 3 is 2.28 bits per heavy atom. The van der Waals surface area contributed by atoms with Gasteiger partial charge >= 0.3 is 12.3 Å². The highest BCUT2D eigenvalue weighted by Crippen LogP contribution is 2.31. The van der Waals surface area contributed by atoms with Crippen LogP contribution < -0.4 is 5.32 Å². The van der Waals surface area contributed by atoms with E-state index in [4.69, 9.17) is 9.29 Å². The fraction of sp³-hybridized carbons (Fsp3) is 0.632. The maximum Gasteiger partial charge on any atom is 0.416 e. The first kappa shape index (κ1) is 27.2. The van der Waals surface area contributed by atoms with Crippen molar-refractivity contribution in [3.63, 3.8) is 0 Å². The Labute approximate surface area is 170 Å². The molecule has 0 spiro atoms. The fourth-order valence-corrected chi connectivity index (χ4v) is 3.06. The number of alkyl carbamates (subject to hydrolysis) is 1. The Bertz CT molecular complexity index is 706. The van der Waals surface area contributed by atoms with E-state index in [0.717, 1.165) is 37.8 Å². The first-order chi connectivity index (χ1) is 13.0. The third kappa shape index (κ3) is 11.7. The molecule has 0 aliphatic carbocycles. The van der Waals surface area contributed by atoms with Crippen LogP contribution in [0.15, 0.2) is 24.3 Å². The number of rotatable bonds is 11. The molecule has 0 saturated carbocycles. The number of carbonyl (C=O) groups excluding carboxylic acids is 1. The molecular formula is C19H30F3NO5S. The highest BCUT2D eigenvalue weighted by atomic mass is 32.2. The molecule has 0 saturated heterocycles. The molecule has 1 amide bonds. The lowest BCUT2D eigenvalue weighted by Crippen LogP contribution is -2.28. The van der Waals surface area contributed by atoms with E-state index in [9.17, 15) is 26.4 Å². The van der Waals surface area contributed by atoms with E-state index in [1.807, 2.05) is 6.92 Å². The summed E-state index contributed by atoms with van der Waals surface area (Å²) in [5, 5.41) is 2.38. The van der Waals surface area contributed by atoms with Gasteiger partial charge in [-0.2, -0.15) is 21.6 Å². The van der Waals surface area contributed by atoms with Crippen molar-refractivity contribution in [2.75, 3.05) is 12.3 Å². The van der Waals surface area contributed by atoms with Crippen molar-refractivity contribution in [3.8, 4) is 0 Å². The SMILES string of the molecule is C.CCCCCCC(OC(=O)NCCCS(=O)(=O)O)c1ccc(C(F)(F)F)cc1. The molecular weight excluding hydrogens is 411 g/mol. The van der Waals surface area contributed by atoms with Crippen LogP contribution in [0, 0.1) is 0 Å². The lowest BCUT2D eigenvalue weighted by atomic mass is 10.0. The van der Waals surface area contributed by atoms with Crippen molar-refractivity contribution >= 4 is 16.2 Å². The molecule has 1 aromatic rings. The molecule has 2 N–H and O–H groups in total. The first-order valence-electron chi connectivity index (χ1n) is 9.09. The van der Waals surface area contributed by atoms with E-state index >= 15 is 0 Å². The molecule has 0 aromatic heterocycles. The number of benzene rings is 1. The van der Waals surface area contributed by atoms with Gasteiger partial charge in [0.2, 0.25) is 0 Å². The Morgan fingerprint density at radius 2 is 1.76 bits per heavy atom. The topological polar surface area (TPSA) is 92.7 Å². The molecule has 0 bridgehead atoms. The van der Waals surface area contributed by atoms with Gasteiger partial charge in [0.25, 0.3) is 10.1 Å². The number of halogens is 3. The molecule has 0 aliphatic rings. The Kier molecular flexibility index (Phi) is 11.9. The molecule has 10 heteroatoms. The first-order valence-corrected chi connectivity index (χ1v) is 10.7. The van der Waals surface area contributed by atoms with Crippen molar-refractivity contribution in [2.45, 2.75) is 65.2 Å². The zero-order chi connectivity index (χ0) is 21.2. The number of unbranched alkanes of at least 4 members (excludes halogenated alkanes) is 3. The van der Waals surface area contributed by atoms with Gasteiger partial charge in [0.05, 0.1) is 11.3 Å². The molecule has 6 nitrogen and oxygen atoms in total. The van der Waals surface area contributed by atoms with Crippen LogP contribution in [0.4, 0.5) is 18.0 Å². The van der Waals surface area contributed by atoms with E-state index in [2.05, 4.69) is 5.32 Å². The third-order valence-corrected chi connectivity index (χ3v) is 4.83. The van der Waals surface area contributed by atoms with Crippen molar-refractivity contribution in [3.05, 3.63) is 35.4 Å². The summed E-state index contributed by atoms with van der Waals surface area (Å²) in [6, 6.07) is 4.47. The van der Waals surface area contributed by atoms with Gasteiger partial charge in [-0.25, -0.2) is 4.79 Å². The van der Waals surface area contributed by atoms with E-state index in [0.29, 0.717) is 12.0 Å². The minimum atomic E-state index is -4.44. The maximum absolute atomic E-state index is 12.7. The monoisotopic (exact) mass is 441 g/mol. The number of amides is 1. The van der Waals surface area contributed by atoms with Crippen LogP contribution in [0.3, 0.4) is 0 Å². The average Bonchev–Trinajstić information content (AvgIpc) is 2.60. The van der Waals surface area contributed by atoms with Gasteiger partial charge in [-0.1, -0.05) is 45.7 Å².